The van der Waals surface area contributed by atoms with Crippen LogP contribution >= 0.6 is 11.3 Å². The molecule has 2 atom stereocenters. The summed E-state index contributed by atoms with van der Waals surface area (Å²) < 4.78 is 12.3. The molecule has 2 unspecified atom stereocenters. The first-order chi connectivity index (χ1) is 14.1. The largest absolute Gasteiger partial charge is 0.497 e. The minimum atomic E-state index is -0.761. The summed E-state index contributed by atoms with van der Waals surface area (Å²) in [6, 6.07) is 15.5. The topological polar surface area (TPSA) is 59.0 Å². The summed E-state index contributed by atoms with van der Waals surface area (Å²) in [5, 5.41) is 11.1. The summed E-state index contributed by atoms with van der Waals surface area (Å²) in [5.41, 5.74) is 0.966. The lowest BCUT2D eigenvalue weighted by Gasteiger charge is -2.39. The van der Waals surface area contributed by atoms with Crippen LogP contribution in [0.25, 0.3) is 10.1 Å². The molecule has 1 aromatic heterocycles. The van der Waals surface area contributed by atoms with Gasteiger partial charge in [0.1, 0.15) is 17.5 Å². The molecule has 0 bridgehead atoms. The van der Waals surface area contributed by atoms with Crippen LogP contribution in [-0.4, -0.2) is 42.8 Å². The molecule has 1 saturated heterocycles. The Morgan fingerprint density at radius 2 is 1.97 bits per heavy atom. The van der Waals surface area contributed by atoms with Crippen LogP contribution in [0.3, 0.4) is 0 Å². The number of thiophene rings is 1. The first-order valence-corrected chi connectivity index (χ1v) is 10.6. The maximum absolute atomic E-state index is 12.1. The average Bonchev–Trinajstić information content (AvgIpc) is 3.18. The van der Waals surface area contributed by atoms with Crippen LogP contribution in [0.1, 0.15) is 35.7 Å². The molecule has 4 rings (SSSR count). The first-order valence-electron chi connectivity index (χ1n) is 9.81. The van der Waals surface area contributed by atoms with Gasteiger partial charge in [-0.05, 0) is 49.0 Å². The van der Waals surface area contributed by atoms with E-state index in [-0.39, 0.29) is 6.04 Å². The Morgan fingerprint density at radius 1 is 1.14 bits per heavy atom. The van der Waals surface area contributed by atoms with Crippen LogP contribution in [0.5, 0.6) is 11.5 Å². The molecule has 1 fully saturated rings. The summed E-state index contributed by atoms with van der Waals surface area (Å²) in [6.07, 6.45) is 2.59. The summed E-state index contributed by atoms with van der Waals surface area (Å²) in [6.45, 7) is 0.741. The lowest BCUT2D eigenvalue weighted by atomic mass is 9.94. The predicted molar refractivity (Wildman–Crippen MR) is 115 cm³/mol. The number of hydrogen-bond donors (Lipinski definition) is 1. The Hall–Kier alpha value is -2.57. The highest BCUT2D eigenvalue weighted by Crippen LogP contribution is 2.43. The van der Waals surface area contributed by atoms with E-state index in [1.54, 1.807) is 25.6 Å². The maximum atomic E-state index is 12.1. The molecule has 3 aromatic rings. The third-order valence-corrected chi connectivity index (χ3v) is 6.78. The molecule has 1 aliphatic rings. The van der Waals surface area contributed by atoms with E-state index in [0.29, 0.717) is 17.9 Å². The molecule has 2 aromatic carbocycles. The van der Waals surface area contributed by atoms with E-state index in [0.717, 1.165) is 29.8 Å². The number of likely N-dealkylation sites (tertiary alicyclic amines) is 1. The zero-order valence-electron chi connectivity index (χ0n) is 16.6. The number of carboxylic acid groups (broad SMARTS) is 1. The van der Waals surface area contributed by atoms with Gasteiger partial charge in [-0.15, -0.1) is 11.3 Å². The Balaban J connectivity index is 1.88. The van der Waals surface area contributed by atoms with Crippen LogP contribution in [0.4, 0.5) is 0 Å². The fourth-order valence-corrected chi connectivity index (χ4v) is 5.41. The van der Waals surface area contributed by atoms with Crippen molar-refractivity contribution >= 4 is 27.4 Å². The van der Waals surface area contributed by atoms with Crippen molar-refractivity contribution in [2.75, 3.05) is 20.8 Å². The second kappa shape index (κ2) is 8.43. The molecule has 0 radical (unpaired) electrons. The van der Waals surface area contributed by atoms with Gasteiger partial charge in [-0.2, -0.15) is 0 Å². The highest BCUT2D eigenvalue weighted by atomic mass is 32.1. The Bertz CT molecular complexity index is 982. The van der Waals surface area contributed by atoms with E-state index in [2.05, 4.69) is 23.1 Å². The molecule has 29 heavy (non-hydrogen) atoms. The standard InChI is InChI=1S/C23H25NO4S/c1-27-16-10-11-17(19(14-16)28-2)22(24-12-6-5-8-18(24)23(25)26)21-13-15-7-3-4-9-20(15)29-21/h3-4,7,9-11,13-14,18,22H,5-6,8,12H2,1-2H3,(H,25,26). The number of ether oxygens (including phenoxy) is 2. The monoisotopic (exact) mass is 411 g/mol. The van der Waals surface area contributed by atoms with Gasteiger partial charge in [-0.25, -0.2) is 0 Å². The number of nitrogens with zero attached hydrogens (tertiary/aromatic N) is 1. The lowest BCUT2D eigenvalue weighted by molar-refractivity contribution is -0.145. The molecule has 0 spiro atoms. The third-order valence-electron chi connectivity index (χ3n) is 5.61. The number of hydrogen-bond acceptors (Lipinski definition) is 5. The Labute approximate surface area is 174 Å². The summed E-state index contributed by atoms with van der Waals surface area (Å²) in [4.78, 5) is 15.3. The third kappa shape index (κ3) is 3.82. The molecule has 2 heterocycles. The van der Waals surface area contributed by atoms with Gasteiger partial charge in [0.2, 0.25) is 0 Å². The molecule has 0 amide bonds. The van der Waals surface area contributed by atoms with Gasteiger partial charge in [-0.1, -0.05) is 24.6 Å². The summed E-state index contributed by atoms with van der Waals surface area (Å²) in [5.74, 6) is 0.666. The highest BCUT2D eigenvalue weighted by molar-refractivity contribution is 7.19. The second-order valence-electron chi connectivity index (χ2n) is 7.28. The van der Waals surface area contributed by atoms with Gasteiger partial charge in [0.05, 0.1) is 20.3 Å². The van der Waals surface area contributed by atoms with E-state index >= 15 is 0 Å². The van der Waals surface area contributed by atoms with Crippen molar-refractivity contribution in [3.8, 4) is 11.5 Å². The number of fused-ring (bicyclic) bond motifs is 1. The van der Waals surface area contributed by atoms with Crippen LogP contribution in [0, 0.1) is 0 Å². The van der Waals surface area contributed by atoms with Crippen LogP contribution in [0.2, 0.25) is 0 Å². The average molecular weight is 412 g/mol. The fourth-order valence-electron chi connectivity index (χ4n) is 4.20. The zero-order valence-corrected chi connectivity index (χ0v) is 17.4. The van der Waals surface area contributed by atoms with Crippen molar-refractivity contribution in [2.24, 2.45) is 0 Å². The van der Waals surface area contributed by atoms with Crippen LogP contribution < -0.4 is 9.47 Å². The predicted octanol–water partition coefficient (Wildman–Crippen LogP) is 4.95. The molecule has 1 aliphatic heterocycles. The van der Waals surface area contributed by atoms with Crippen molar-refractivity contribution in [2.45, 2.75) is 31.3 Å². The minimum absolute atomic E-state index is 0.186. The highest BCUT2D eigenvalue weighted by Gasteiger charge is 2.37. The van der Waals surface area contributed by atoms with Crippen LogP contribution in [0.15, 0.2) is 48.5 Å². The normalized spacial score (nSPS) is 18.5. The van der Waals surface area contributed by atoms with E-state index in [1.165, 1.54) is 10.1 Å². The SMILES string of the molecule is COc1ccc(C(c2cc3ccccc3s2)N2CCCCC2C(=O)O)c(OC)c1. The van der Waals surface area contributed by atoms with Gasteiger partial charge in [0, 0.05) is 21.2 Å². The number of benzene rings is 2. The van der Waals surface area contributed by atoms with Gasteiger partial charge < -0.3 is 14.6 Å². The smallest absolute Gasteiger partial charge is 0.320 e. The molecule has 1 N–H and O–H groups in total. The van der Waals surface area contributed by atoms with Crippen molar-refractivity contribution < 1.29 is 19.4 Å². The Kier molecular flexibility index (Phi) is 5.74. The van der Waals surface area contributed by atoms with Crippen molar-refractivity contribution in [3.63, 3.8) is 0 Å². The van der Waals surface area contributed by atoms with E-state index in [4.69, 9.17) is 9.47 Å². The molecule has 6 heteroatoms. The van der Waals surface area contributed by atoms with E-state index in [1.807, 2.05) is 30.3 Å². The van der Waals surface area contributed by atoms with Crippen LogP contribution in [-0.2, 0) is 4.79 Å². The van der Waals surface area contributed by atoms with Gasteiger partial charge in [-0.3, -0.25) is 9.69 Å². The van der Waals surface area contributed by atoms with E-state index in [9.17, 15) is 9.90 Å². The molecule has 0 aliphatic carbocycles. The fraction of sp³-hybridized carbons (Fsp3) is 0.348. The first kappa shape index (κ1) is 19.7. The number of aliphatic carboxylic acids is 1. The van der Waals surface area contributed by atoms with Gasteiger partial charge in [0.15, 0.2) is 0 Å². The molecular formula is C23H25NO4S. The summed E-state index contributed by atoms with van der Waals surface area (Å²) in [7, 11) is 3.27. The zero-order chi connectivity index (χ0) is 20.4. The summed E-state index contributed by atoms with van der Waals surface area (Å²) >= 11 is 1.72. The number of rotatable bonds is 6. The number of carbonyl (C=O) groups is 1. The van der Waals surface area contributed by atoms with Gasteiger partial charge in [0.25, 0.3) is 0 Å². The molecule has 152 valence electrons. The molecule has 0 saturated carbocycles. The van der Waals surface area contributed by atoms with Crippen molar-refractivity contribution in [1.29, 1.82) is 0 Å². The number of piperidine rings is 1. The Morgan fingerprint density at radius 3 is 2.69 bits per heavy atom. The quantitative estimate of drug-likeness (QED) is 0.622. The van der Waals surface area contributed by atoms with Gasteiger partial charge >= 0.3 is 5.97 Å². The maximum Gasteiger partial charge on any atom is 0.320 e. The van der Waals surface area contributed by atoms with Crippen molar-refractivity contribution in [3.05, 3.63) is 59.0 Å². The number of carboxylic acids is 1. The lowest BCUT2D eigenvalue weighted by Crippen LogP contribution is -2.46. The number of methoxy groups -OCH3 is 2. The molecular weight excluding hydrogens is 386 g/mol. The second-order valence-corrected chi connectivity index (χ2v) is 8.40. The van der Waals surface area contributed by atoms with Crippen molar-refractivity contribution in [1.82, 2.24) is 4.90 Å². The van der Waals surface area contributed by atoms with E-state index < -0.39 is 12.0 Å². The minimum Gasteiger partial charge on any atom is -0.497 e. The molecule has 5 nitrogen and oxygen atoms in total.